The Kier molecular flexibility index (Phi) is 3.47. The van der Waals surface area contributed by atoms with Gasteiger partial charge in [0.15, 0.2) is 0 Å². The molecule has 0 atom stereocenters. The van der Waals surface area contributed by atoms with Gasteiger partial charge in [-0.2, -0.15) is 4.98 Å². The normalized spacial score (nSPS) is 11.0. The fourth-order valence-electron chi connectivity index (χ4n) is 2.19. The van der Waals surface area contributed by atoms with Crippen LogP contribution in [0.5, 0.6) is 11.6 Å². The van der Waals surface area contributed by atoms with E-state index in [0.29, 0.717) is 11.6 Å². The van der Waals surface area contributed by atoms with Gasteiger partial charge < -0.3 is 10.5 Å². The lowest BCUT2D eigenvalue weighted by Crippen LogP contribution is -1.97. The smallest absolute Gasteiger partial charge is 0.232 e. The third-order valence-electron chi connectivity index (χ3n) is 3.12. The highest BCUT2D eigenvalue weighted by molar-refractivity contribution is 7.18. The number of ether oxygens (including phenoxy) is 1. The van der Waals surface area contributed by atoms with E-state index >= 15 is 0 Å². The second kappa shape index (κ2) is 5.16. The molecule has 3 aromatic rings. The molecule has 0 aliphatic heterocycles. The minimum Gasteiger partial charge on any atom is -0.438 e. The van der Waals surface area contributed by atoms with E-state index in [9.17, 15) is 0 Å². The van der Waals surface area contributed by atoms with Crippen LogP contribution in [0.25, 0.3) is 10.2 Å². The van der Waals surface area contributed by atoms with Gasteiger partial charge in [-0.15, -0.1) is 11.3 Å². The molecule has 4 nitrogen and oxygen atoms in total. The van der Waals surface area contributed by atoms with E-state index in [0.717, 1.165) is 31.2 Å². The van der Waals surface area contributed by atoms with E-state index in [-0.39, 0.29) is 5.95 Å². The molecule has 108 valence electrons. The molecule has 3 rings (SSSR count). The minimum absolute atomic E-state index is 0.210. The monoisotopic (exact) mass is 319 g/mol. The van der Waals surface area contributed by atoms with Gasteiger partial charge in [-0.25, -0.2) is 4.98 Å². The Bertz CT molecular complexity index is 821. The SMILES string of the molecule is Cc1cc2c(Oc3cc(C)c(Cl)c(C)c3)nc(N)nc2s1. The van der Waals surface area contributed by atoms with E-state index in [1.165, 1.54) is 0 Å². The summed E-state index contributed by atoms with van der Waals surface area (Å²) in [5.41, 5.74) is 7.68. The lowest BCUT2D eigenvalue weighted by atomic mass is 10.1. The average Bonchev–Trinajstić information content (AvgIpc) is 2.76. The van der Waals surface area contributed by atoms with E-state index in [1.807, 2.05) is 39.0 Å². The maximum Gasteiger partial charge on any atom is 0.232 e. The van der Waals surface area contributed by atoms with E-state index in [1.54, 1.807) is 11.3 Å². The zero-order valence-corrected chi connectivity index (χ0v) is 13.5. The van der Waals surface area contributed by atoms with E-state index < -0.39 is 0 Å². The first kappa shape index (κ1) is 14.1. The standard InChI is InChI=1S/C15H14ClN3OS/c1-7-4-10(5-8(2)12(7)16)20-13-11-6-9(3)21-14(11)19-15(17)18-13/h4-6H,1-3H3,(H2,17,18,19). The summed E-state index contributed by atoms with van der Waals surface area (Å²) in [4.78, 5) is 10.4. The van der Waals surface area contributed by atoms with Crippen LogP contribution in [0.2, 0.25) is 5.02 Å². The van der Waals surface area contributed by atoms with Gasteiger partial charge in [0.2, 0.25) is 11.8 Å². The Morgan fingerprint density at radius 1 is 1.10 bits per heavy atom. The van der Waals surface area contributed by atoms with Crippen LogP contribution in [0.1, 0.15) is 16.0 Å². The van der Waals surface area contributed by atoms with Crippen LogP contribution in [0, 0.1) is 20.8 Å². The molecule has 1 aromatic carbocycles. The van der Waals surface area contributed by atoms with Crippen molar-refractivity contribution in [1.82, 2.24) is 9.97 Å². The lowest BCUT2D eigenvalue weighted by Gasteiger charge is -2.10. The molecule has 0 aliphatic carbocycles. The van der Waals surface area contributed by atoms with Crippen LogP contribution >= 0.6 is 22.9 Å². The van der Waals surface area contributed by atoms with Crippen molar-refractivity contribution < 1.29 is 4.74 Å². The summed E-state index contributed by atoms with van der Waals surface area (Å²) >= 11 is 7.74. The number of anilines is 1. The van der Waals surface area contributed by atoms with Crippen LogP contribution in [-0.2, 0) is 0 Å². The van der Waals surface area contributed by atoms with Crippen molar-refractivity contribution in [1.29, 1.82) is 0 Å². The van der Waals surface area contributed by atoms with Gasteiger partial charge in [0.1, 0.15) is 10.6 Å². The highest BCUT2D eigenvalue weighted by atomic mass is 35.5. The molecule has 0 saturated heterocycles. The molecule has 0 amide bonds. The molecule has 2 heterocycles. The molecule has 0 saturated carbocycles. The molecular weight excluding hydrogens is 306 g/mol. The molecule has 0 fully saturated rings. The van der Waals surface area contributed by atoms with Crippen molar-refractivity contribution in [3.63, 3.8) is 0 Å². The highest BCUT2D eigenvalue weighted by Crippen LogP contribution is 2.34. The zero-order chi connectivity index (χ0) is 15.1. The van der Waals surface area contributed by atoms with E-state index in [2.05, 4.69) is 9.97 Å². The van der Waals surface area contributed by atoms with Crippen molar-refractivity contribution in [2.75, 3.05) is 5.73 Å². The molecule has 0 aliphatic rings. The van der Waals surface area contributed by atoms with Gasteiger partial charge in [0, 0.05) is 9.90 Å². The summed E-state index contributed by atoms with van der Waals surface area (Å²) in [6.07, 6.45) is 0. The molecule has 0 spiro atoms. The predicted molar refractivity (Wildman–Crippen MR) is 87.6 cm³/mol. The van der Waals surface area contributed by atoms with Gasteiger partial charge in [-0.05, 0) is 50.1 Å². The number of benzene rings is 1. The van der Waals surface area contributed by atoms with Crippen molar-refractivity contribution >= 4 is 39.1 Å². The molecular formula is C15H14ClN3OS. The van der Waals surface area contributed by atoms with Crippen LogP contribution in [0.4, 0.5) is 5.95 Å². The largest absolute Gasteiger partial charge is 0.438 e. The number of nitrogens with zero attached hydrogens (tertiary/aromatic N) is 2. The second-order valence-electron chi connectivity index (χ2n) is 4.94. The van der Waals surface area contributed by atoms with Crippen molar-refractivity contribution in [3.8, 4) is 11.6 Å². The summed E-state index contributed by atoms with van der Waals surface area (Å²) in [5, 5.41) is 1.62. The average molecular weight is 320 g/mol. The molecule has 21 heavy (non-hydrogen) atoms. The number of fused-ring (bicyclic) bond motifs is 1. The number of hydrogen-bond acceptors (Lipinski definition) is 5. The first-order valence-electron chi connectivity index (χ1n) is 6.42. The van der Waals surface area contributed by atoms with Gasteiger partial charge in [0.05, 0.1) is 5.39 Å². The molecule has 0 bridgehead atoms. The third kappa shape index (κ3) is 2.66. The Balaban J connectivity index is 2.09. The maximum atomic E-state index is 6.18. The number of nitrogen functional groups attached to an aromatic ring is 1. The van der Waals surface area contributed by atoms with Crippen molar-refractivity contribution in [3.05, 3.63) is 39.2 Å². The summed E-state index contributed by atoms with van der Waals surface area (Å²) in [6.45, 7) is 5.91. The zero-order valence-electron chi connectivity index (χ0n) is 11.9. The number of hydrogen-bond donors (Lipinski definition) is 1. The number of rotatable bonds is 2. The summed E-state index contributed by atoms with van der Waals surface area (Å²) in [6, 6.07) is 5.78. The Morgan fingerprint density at radius 3 is 2.43 bits per heavy atom. The van der Waals surface area contributed by atoms with Crippen LogP contribution < -0.4 is 10.5 Å². The Morgan fingerprint density at radius 2 is 1.76 bits per heavy atom. The molecule has 2 N–H and O–H groups in total. The Labute approximate surface area is 131 Å². The fourth-order valence-corrected chi connectivity index (χ4v) is 3.17. The number of thiophene rings is 1. The van der Waals surface area contributed by atoms with Gasteiger partial charge >= 0.3 is 0 Å². The van der Waals surface area contributed by atoms with Crippen LogP contribution in [0.3, 0.4) is 0 Å². The first-order valence-corrected chi connectivity index (χ1v) is 7.62. The third-order valence-corrected chi connectivity index (χ3v) is 4.66. The Hall–Kier alpha value is -1.85. The number of aromatic nitrogens is 2. The number of halogens is 1. The predicted octanol–water partition coefficient (Wildman–Crippen LogP) is 4.64. The highest BCUT2D eigenvalue weighted by Gasteiger charge is 2.12. The molecule has 6 heteroatoms. The first-order chi connectivity index (χ1) is 9.94. The molecule has 0 unspecified atom stereocenters. The molecule has 2 aromatic heterocycles. The number of aryl methyl sites for hydroxylation is 3. The summed E-state index contributed by atoms with van der Waals surface area (Å²) in [7, 11) is 0. The van der Waals surface area contributed by atoms with Gasteiger partial charge in [-0.1, -0.05) is 11.6 Å². The molecule has 0 radical (unpaired) electrons. The minimum atomic E-state index is 0.210. The fraction of sp³-hybridized carbons (Fsp3) is 0.200. The topological polar surface area (TPSA) is 61.0 Å². The summed E-state index contributed by atoms with van der Waals surface area (Å²) < 4.78 is 5.92. The second-order valence-corrected chi connectivity index (χ2v) is 6.55. The van der Waals surface area contributed by atoms with Crippen LogP contribution in [0.15, 0.2) is 18.2 Å². The van der Waals surface area contributed by atoms with Gasteiger partial charge in [-0.3, -0.25) is 0 Å². The lowest BCUT2D eigenvalue weighted by molar-refractivity contribution is 0.468. The maximum absolute atomic E-state index is 6.18. The number of nitrogens with two attached hydrogens (primary N) is 1. The summed E-state index contributed by atoms with van der Waals surface area (Å²) in [5.74, 6) is 1.38. The van der Waals surface area contributed by atoms with Crippen molar-refractivity contribution in [2.45, 2.75) is 20.8 Å². The van der Waals surface area contributed by atoms with E-state index in [4.69, 9.17) is 22.1 Å². The quantitative estimate of drug-likeness (QED) is 0.747. The van der Waals surface area contributed by atoms with Crippen LogP contribution in [-0.4, -0.2) is 9.97 Å². The van der Waals surface area contributed by atoms with Crippen molar-refractivity contribution in [2.24, 2.45) is 0 Å². The van der Waals surface area contributed by atoms with Gasteiger partial charge in [0.25, 0.3) is 0 Å².